The standard InChI is InChI=1S/C13H13BrFNO3S/c1-2-16(8-10-5-6-19-9-10)20(17,18)13-7-11(14)3-4-12(13)15/h3-7,9H,2,8H2,1H3. The van der Waals surface area contributed by atoms with E-state index in [4.69, 9.17) is 4.42 Å². The van der Waals surface area contributed by atoms with Gasteiger partial charge in [0.2, 0.25) is 10.0 Å². The third-order valence-corrected chi connectivity index (χ3v) is 5.23. The molecule has 0 spiro atoms. The summed E-state index contributed by atoms with van der Waals surface area (Å²) in [5.74, 6) is -0.765. The summed E-state index contributed by atoms with van der Waals surface area (Å²) in [7, 11) is -3.89. The van der Waals surface area contributed by atoms with E-state index >= 15 is 0 Å². The molecule has 0 fully saturated rings. The van der Waals surface area contributed by atoms with Crippen LogP contribution < -0.4 is 0 Å². The zero-order chi connectivity index (χ0) is 14.8. The van der Waals surface area contributed by atoms with Crippen molar-refractivity contribution in [3.63, 3.8) is 0 Å². The van der Waals surface area contributed by atoms with Gasteiger partial charge in [0.25, 0.3) is 0 Å². The van der Waals surface area contributed by atoms with Gasteiger partial charge in [0, 0.05) is 23.1 Å². The first kappa shape index (κ1) is 15.2. The molecule has 0 aliphatic carbocycles. The number of halogens is 2. The van der Waals surface area contributed by atoms with Crippen LogP contribution in [0.15, 0.2) is 50.6 Å². The van der Waals surface area contributed by atoms with Crippen LogP contribution in [0.2, 0.25) is 0 Å². The van der Waals surface area contributed by atoms with Crippen LogP contribution in [0.4, 0.5) is 4.39 Å². The second-order valence-electron chi connectivity index (χ2n) is 4.14. The zero-order valence-electron chi connectivity index (χ0n) is 10.7. The van der Waals surface area contributed by atoms with Gasteiger partial charge in [-0.1, -0.05) is 22.9 Å². The summed E-state index contributed by atoms with van der Waals surface area (Å²) < 4.78 is 45.4. The van der Waals surface area contributed by atoms with E-state index in [1.807, 2.05) is 0 Å². The average molecular weight is 362 g/mol. The Balaban J connectivity index is 2.38. The largest absolute Gasteiger partial charge is 0.472 e. The van der Waals surface area contributed by atoms with Crippen molar-refractivity contribution in [2.75, 3.05) is 6.54 Å². The molecule has 0 N–H and O–H groups in total. The van der Waals surface area contributed by atoms with E-state index in [-0.39, 0.29) is 18.0 Å². The quantitative estimate of drug-likeness (QED) is 0.819. The van der Waals surface area contributed by atoms with Gasteiger partial charge in [-0.15, -0.1) is 0 Å². The topological polar surface area (TPSA) is 50.5 Å². The molecule has 0 radical (unpaired) electrons. The molecule has 7 heteroatoms. The van der Waals surface area contributed by atoms with Crippen LogP contribution in [-0.2, 0) is 16.6 Å². The van der Waals surface area contributed by atoms with Gasteiger partial charge in [-0.3, -0.25) is 0 Å². The molecule has 0 bridgehead atoms. The number of benzene rings is 1. The lowest BCUT2D eigenvalue weighted by molar-refractivity contribution is 0.417. The van der Waals surface area contributed by atoms with E-state index in [2.05, 4.69) is 15.9 Å². The second-order valence-corrected chi connectivity index (χ2v) is 6.96. The van der Waals surface area contributed by atoms with Crippen molar-refractivity contribution in [2.45, 2.75) is 18.4 Å². The summed E-state index contributed by atoms with van der Waals surface area (Å²) >= 11 is 3.16. The van der Waals surface area contributed by atoms with E-state index in [0.717, 1.165) is 6.07 Å². The normalized spacial score (nSPS) is 12.0. The van der Waals surface area contributed by atoms with Crippen molar-refractivity contribution in [3.05, 3.63) is 52.6 Å². The van der Waals surface area contributed by atoms with Crippen molar-refractivity contribution < 1.29 is 17.2 Å². The maximum absolute atomic E-state index is 13.8. The summed E-state index contributed by atoms with van der Waals surface area (Å²) in [6.45, 7) is 2.08. The number of hydrogen-bond acceptors (Lipinski definition) is 3. The Bertz CT molecular complexity index is 686. The fraction of sp³-hybridized carbons (Fsp3) is 0.231. The predicted molar refractivity (Wildman–Crippen MR) is 76.1 cm³/mol. The average Bonchev–Trinajstić information content (AvgIpc) is 2.91. The monoisotopic (exact) mass is 361 g/mol. The van der Waals surface area contributed by atoms with Crippen LogP contribution in [0.3, 0.4) is 0 Å². The molecule has 1 heterocycles. The molecule has 20 heavy (non-hydrogen) atoms. The summed E-state index contributed by atoms with van der Waals surface area (Å²) in [4.78, 5) is -0.336. The van der Waals surface area contributed by atoms with E-state index in [1.54, 1.807) is 13.0 Å². The minimum absolute atomic E-state index is 0.140. The SMILES string of the molecule is CCN(Cc1ccoc1)S(=O)(=O)c1cc(Br)ccc1F. The molecule has 0 unspecified atom stereocenters. The lowest BCUT2D eigenvalue weighted by Crippen LogP contribution is -2.31. The van der Waals surface area contributed by atoms with E-state index in [9.17, 15) is 12.8 Å². The van der Waals surface area contributed by atoms with Gasteiger partial charge in [0.15, 0.2) is 0 Å². The van der Waals surface area contributed by atoms with Crippen LogP contribution >= 0.6 is 15.9 Å². The minimum atomic E-state index is -3.89. The highest BCUT2D eigenvalue weighted by molar-refractivity contribution is 9.10. The Morgan fingerprint density at radius 2 is 2.10 bits per heavy atom. The van der Waals surface area contributed by atoms with Gasteiger partial charge in [0.05, 0.1) is 12.5 Å². The summed E-state index contributed by atoms with van der Waals surface area (Å²) in [6.07, 6.45) is 2.94. The predicted octanol–water partition coefficient (Wildman–Crippen LogP) is 3.39. The molecule has 1 aromatic heterocycles. The van der Waals surface area contributed by atoms with Gasteiger partial charge < -0.3 is 4.42 Å². The second kappa shape index (κ2) is 6.07. The molecule has 2 aromatic rings. The fourth-order valence-electron chi connectivity index (χ4n) is 1.77. The molecule has 0 saturated heterocycles. The third-order valence-electron chi connectivity index (χ3n) is 2.80. The Hall–Kier alpha value is -1.18. The van der Waals surface area contributed by atoms with Gasteiger partial charge in [-0.2, -0.15) is 4.31 Å². The number of nitrogens with zero attached hydrogens (tertiary/aromatic N) is 1. The molecule has 0 aliphatic heterocycles. The first-order valence-electron chi connectivity index (χ1n) is 5.91. The fourth-order valence-corrected chi connectivity index (χ4v) is 3.81. The van der Waals surface area contributed by atoms with Crippen molar-refractivity contribution >= 4 is 26.0 Å². The summed E-state index contributed by atoms with van der Waals surface area (Å²) in [6, 6.07) is 5.53. The lowest BCUT2D eigenvalue weighted by Gasteiger charge is -2.20. The third kappa shape index (κ3) is 3.11. The summed E-state index contributed by atoms with van der Waals surface area (Å²) in [5.41, 5.74) is 0.714. The van der Waals surface area contributed by atoms with Crippen LogP contribution in [0, 0.1) is 5.82 Å². The Morgan fingerprint density at radius 3 is 2.70 bits per heavy atom. The minimum Gasteiger partial charge on any atom is -0.472 e. The maximum Gasteiger partial charge on any atom is 0.246 e. The lowest BCUT2D eigenvalue weighted by atomic mass is 10.3. The Labute approximate surface area is 125 Å². The first-order chi connectivity index (χ1) is 9.45. The van der Waals surface area contributed by atoms with Gasteiger partial charge in [0.1, 0.15) is 10.7 Å². The molecule has 2 rings (SSSR count). The molecule has 0 aliphatic rings. The van der Waals surface area contributed by atoms with E-state index in [1.165, 1.54) is 29.0 Å². The number of furan rings is 1. The molecule has 108 valence electrons. The van der Waals surface area contributed by atoms with Crippen LogP contribution in [-0.4, -0.2) is 19.3 Å². The highest BCUT2D eigenvalue weighted by Crippen LogP contribution is 2.24. The Morgan fingerprint density at radius 1 is 1.35 bits per heavy atom. The van der Waals surface area contributed by atoms with Crippen molar-refractivity contribution in [1.29, 1.82) is 0 Å². The molecule has 0 amide bonds. The maximum atomic E-state index is 13.8. The highest BCUT2D eigenvalue weighted by atomic mass is 79.9. The zero-order valence-corrected chi connectivity index (χ0v) is 13.1. The van der Waals surface area contributed by atoms with Gasteiger partial charge in [-0.05, 0) is 24.3 Å². The first-order valence-corrected chi connectivity index (χ1v) is 8.14. The molecular weight excluding hydrogens is 349 g/mol. The van der Waals surface area contributed by atoms with E-state index < -0.39 is 15.8 Å². The van der Waals surface area contributed by atoms with Crippen LogP contribution in [0.5, 0.6) is 0 Å². The molecule has 0 atom stereocenters. The van der Waals surface area contributed by atoms with Gasteiger partial charge >= 0.3 is 0 Å². The van der Waals surface area contributed by atoms with Crippen LogP contribution in [0.25, 0.3) is 0 Å². The summed E-state index contributed by atoms with van der Waals surface area (Å²) in [5, 5.41) is 0. The Kier molecular flexibility index (Phi) is 4.62. The molecular formula is C13H13BrFNO3S. The molecule has 0 saturated carbocycles. The molecule has 4 nitrogen and oxygen atoms in total. The van der Waals surface area contributed by atoms with E-state index in [0.29, 0.717) is 10.0 Å². The number of hydrogen-bond donors (Lipinski definition) is 0. The number of rotatable bonds is 5. The highest BCUT2D eigenvalue weighted by Gasteiger charge is 2.26. The number of sulfonamides is 1. The van der Waals surface area contributed by atoms with Gasteiger partial charge in [-0.25, -0.2) is 12.8 Å². The van der Waals surface area contributed by atoms with Crippen molar-refractivity contribution in [3.8, 4) is 0 Å². The van der Waals surface area contributed by atoms with Crippen LogP contribution in [0.1, 0.15) is 12.5 Å². The smallest absolute Gasteiger partial charge is 0.246 e. The molecule has 1 aromatic carbocycles. The van der Waals surface area contributed by atoms with Crippen molar-refractivity contribution in [1.82, 2.24) is 4.31 Å². The van der Waals surface area contributed by atoms with Crippen molar-refractivity contribution in [2.24, 2.45) is 0 Å².